The molecule has 0 spiro atoms. The van der Waals surface area contributed by atoms with Crippen molar-refractivity contribution in [2.45, 2.75) is 19.9 Å². The van der Waals surface area contributed by atoms with Crippen molar-refractivity contribution in [1.29, 1.82) is 0 Å². The van der Waals surface area contributed by atoms with Crippen LogP contribution in [0.3, 0.4) is 0 Å². The highest BCUT2D eigenvalue weighted by molar-refractivity contribution is 6.30. The zero-order valence-electron chi connectivity index (χ0n) is 21.8. The lowest BCUT2D eigenvalue weighted by molar-refractivity contribution is -0.137. The molecule has 0 aliphatic carbocycles. The Morgan fingerprint density at radius 2 is 1.79 bits per heavy atom. The van der Waals surface area contributed by atoms with E-state index in [4.69, 9.17) is 21.1 Å². The van der Waals surface area contributed by atoms with Crippen LogP contribution < -0.4 is 4.74 Å². The van der Waals surface area contributed by atoms with Crippen molar-refractivity contribution >= 4 is 29.4 Å². The predicted molar refractivity (Wildman–Crippen MR) is 147 cm³/mol. The molecule has 9 nitrogen and oxygen atoms in total. The minimum absolute atomic E-state index is 0.0117. The van der Waals surface area contributed by atoms with E-state index in [1.54, 1.807) is 41.0 Å². The number of amides is 2. The van der Waals surface area contributed by atoms with Crippen molar-refractivity contribution in [2.75, 3.05) is 32.8 Å². The standard InChI is InChI=1S/C29H29ClN4O5/c1-4-16-38-29(37)25-20(3)31-27(21-8-6-5-7-9-21)32-26(25)28(36)33-14-15-34(19(2)17-33)24(35)18-39-23-12-10-22(30)11-13-23/h4-13,19H,1,14-18H2,2-3H3. The van der Waals surface area contributed by atoms with Crippen molar-refractivity contribution in [1.82, 2.24) is 19.8 Å². The Labute approximate surface area is 232 Å². The second-order valence-electron chi connectivity index (χ2n) is 9.04. The first-order valence-corrected chi connectivity index (χ1v) is 12.9. The molecular weight excluding hydrogens is 520 g/mol. The monoisotopic (exact) mass is 548 g/mol. The van der Waals surface area contributed by atoms with Gasteiger partial charge < -0.3 is 19.3 Å². The Morgan fingerprint density at radius 1 is 1.08 bits per heavy atom. The minimum Gasteiger partial charge on any atom is -0.484 e. The van der Waals surface area contributed by atoms with Gasteiger partial charge in [-0.1, -0.05) is 54.6 Å². The van der Waals surface area contributed by atoms with Gasteiger partial charge in [-0.2, -0.15) is 0 Å². The van der Waals surface area contributed by atoms with Gasteiger partial charge in [0, 0.05) is 36.3 Å². The van der Waals surface area contributed by atoms with Gasteiger partial charge in [0.05, 0.1) is 5.69 Å². The maximum Gasteiger partial charge on any atom is 0.342 e. The Hall–Kier alpha value is -4.24. The molecule has 10 heteroatoms. The van der Waals surface area contributed by atoms with Gasteiger partial charge in [-0.05, 0) is 38.1 Å². The Morgan fingerprint density at radius 3 is 2.46 bits per heavy atom. The summed E-state index contributed by atoms with van der Waals surface area (Å²) in [6.07, 6.45) is 1.45. The van der Waals surface area contributed by atoms with Gasteiger partial charge in [0.15, 0.2) is 12.4 Å². The first kappa shape index (κ1) is 27.8. The first-order chi connectivity index (χ1) is 18.8. The molecule has 1 aliphatic heterocycles. The molecule has 2 amide bonds. The number of hydrogen-bond acceptors (Lipinski definition) is 7. The fourth-order valence-electron chi connectivity index (χ4n) is 4.32. The van der Waals surface area contributed by atoms with E-state index in [0.29, 0.717) is 34.4 Å². The van der Waals surface area contributed by atoms with Gasteiger partial charge in [-0.25, -0.2) is 14.8 Å². The second kappa shape index (κ2) is 12.5. The summed E-state index contributed by atoms with van der Waals surface area (Å²) >= 11 is 5.90. The van der Waals surface area contributed by atoms with E-state index in [1.165, 1.54) is 6.08 Å². The molecule has 0 saturated carbocycles. The number of halogens is 1. The summed E-state index contributed by atoms with van der Waals surface area (Å²) in [6, 6.07) is 15.7. The Bertz CT molecular complexity index is 1360. The molecule has 1 unspecified atom stereocenters. The summed E-state index contributed by atoms with van der Waals surface area (Å²) in [5.41, 5.74) is 1.03. The zero-order chi connectivity index (χ0) is 27.9. The highest BCUT2D eigenvalue weighted by atomic mass is 35.5. The molecule has 3 aromatic rings. The van der Waals surface area contributed by atoms with E-state index in [1.807, 2.05) is 37.3 Å². The average Bonchev–Trinajstić information content (AvgIpc) is 2.95. The molecule has 1 atom stereocenters. The zero-order valence-corrected chi connectivity index (χ0v) is 22.6. The van der Waals surface area contributed by atoms with E-state index in [9.17, 15) is 14.4 Å². The van der Waals surface area contributed by atoms with E-state index in [2.05, 4.69) is 16.5 Å². The van der Waals surface area contributed by atoms with Gasteiger partial charge >= 0.3 is 5.97 Å². The number of esters is 1. The third-order valence-electron chi connectivity index (χ3n) is 6.27. The molecule has 2 heterocycles. The van der Waals surface area contributed by atoms with Crippen molar-refractivity contribution in [2.24, 2.45) is 0 Å². The topological polar surface area (TPSA) is 102 Å². The van der Waals surface area contributed by atoms with Crippen LogP contribution >= 0.6 is 11.6 Å². The fraction of sp³-hybridized carbons (Fsp3) is 0.276. The van der Waals surface area contributed by atoms with Crippen LogP contribution in [0.2, 0.25) is 5.02 Å². The molecule has 0 N–H and O–H groups in total. The number of piperazine rings is 1. The number of nitrogens with zero attached hydrogens (tertiary/aromatic N) is 4. The number of hydrogen-bond donors (Lipinski definition) is 0. The van der Waals surface area contributed by atoms with E-state index >= 15 is 0 Å². The molecule has 39 heavy (non-hydrogen) atoms. The lowest BCUT2D eigenvalue weighted by Crippen LogP contribution is -2.56. The summed E-state index contributed by atoms with van der Waals surface area (Å²) in [5, 5.41) is 0.579. The summed E-state index contributed by atoms with van der Waals surface area (Å²) < 4.78 is 10.8. The van der Waals surface area contributed by atoms with Crippen molar-refractivity contribution in [3.8, 4) is 17.1 Å². The third-order valence-corrected chi connectivity index (χ3v) is 6.52. The van der Waals surface area contributed by atoms with Crippen LogP contribution in [0, 0.1) is 6.92 Å². The lowest BCUT2D eigenvalue weighted by Gasteiger charge is -2.39. The maximum atomic E-state index is 13.8. The van der Waals surface area contributed by atoms with E-state index in [0.717, 1.165) is 0 Å². The van der Waals surface area contributed by atoms with Crippen molar-refractivity contribution in [3.63, 3.8) is 0 Å². The van der Waals surface area contributed by atoms with Crippen LogP contribution in [-0.2, 0) is 9.53 Å². The van der Waals surface area contributed by atoms with Gasteiger partial charge in [0.1, 0.15) is 23.6 Å². The highest BCUT2D eigenvalue weighted by Gasteiger charge is 2.34. The van der Waals surface area contributed by atoms with E-state index in [-0.39, 0.29) is 49.5 Å². The molecule has 1 aromatic heterocycles. The summed E-state index contributed by atoms with van der Waals surface area (Å²) in [7, 11) is 0. The fourth-order valence-corrected chi connectivity index (χ4v) is 4.44. The van der Waals surface area contributed by atoms with Crippen LogP contribution in [0.1, 0.15) is 33.5 Å². The van der Waals surface area contributed by atoms with E-state index < -0.39 is 11.9 Å². The Kier molecular flexibility index (Phi) is 8.93. The SMILES string of the molecule is C=CCOC(=O)c1c(C)nc(-c2ccccc2)nc1C(=O)N1CCN(C(=O)COc2ccc(Cl)cc2)C(C)C1. The number of carbonyl (C=O) groups excluding carboxylic acids is 3. The highest BCUT2D eigenvalue weighted by Crippen LogP contribution is 2.23. The summed E-state index contributed by atoms with van der Waals surface area (Å²) in [4.78, 5) is 51.8. The molecule has 1 fully saturated rings. The average molecular weight is 549 g/mol. The molecule has 2 aromatic carbocycles. The van der Waals surface area contributed by atoms with Crippen LogP contribution in [0.15, 0.2) is 67.3 Å². The molecule has 1 saturated heterocycles. The van der Waals surface area contributed by atoms with Gasteiger partial charge in [0.2, 0.25) is 0 Å². The van der Waals surface area contributed by atoms with Crippen LogP contribution in [-0.4, -0.2) is 76.4 Å². The number of ether oxygens (including phenoxy) is 2. The van der Waals surface area contributed by atoms with Crippen molar-refractivity contribution in [3.05, 3.63) is 89.2 Å². The lowest BCUT2D eigenvalue weighted by atomic mass is 10.1. The van der Waals surface area contributed by atoms with Gasteiger partial charge in [-0.15, -0.1) is 0 Å². The first-order valence-electron chi connectivity index (χ1n) is 12.5. The summed E-state index contributed by atoms with van der Waals surface area (Å²) in [6.45, 7) is 7.76. The molecule has 1 aliphatic rings. The van der Waals surface area contributed by atoms with Crippen molar-refractivity contribution < 1.29 is 23.9 Å². The number of aryl methyl sites for hydroxylation is 1. The van der Waals surface area contributed by atoms with Crippen LogP contribution in [0.5, 0.6) is 5.75 Å². The molecule has 4 rings (SSSR count). The van der Waals surface area contributed by atoms with Crippen LogP contribution in [0.25, 0.3) is 11.4 Å². The third kappa shape index (κ3) is 6.61. The smallest absolute Gasteiger partial charge is 0.342 e. The summed E-state index contributed by atoms with van der Waals surface area (Å²) in [5.74, 6) is -0.449. The molecule has 0 bridgehead atoms. The predicted octanol–water partition coefficient (Wildman–Crippen LogP) is 4.20. The van der Waals surface area contributed by atoms with Gasteiger partial charge in [0.25, 0.3) is 11.8 Å². The normalized spacial score (nSPS) is 15.0. The quantitative estimate of drug-likeness (QED) is 0.307. The number of carbonyl (C=O) groups is 3. The second-order valence-corrected chi connectivity index (χ2v) is 9.48. The molecule has 202 valence electrons. The number of rotatable bonds is 8. The Balaban J connectivity index is 1.52. The van der Waals surface area contributed by atoms with Crippen LogP contribution in [0.4, 0.5) is 0 Å². The minimum atomic E-state index is -0.698. The molecule has 0 radical (unpaired) electrons. The maximum absolute atomic E-state index is 13.8. The molecular formula is C29H29ClN4O5. The van der Waals surface area contributed by atoms with Gasteiger partial charge in [-0.3, -0.25) is 9.59 Å². The number of benzene rings is 2. The number of aromatic nitrogens is 2. The largest absolute Gasteiger partial charge is 0.484 e.